The third-order valence-corrected chi connectivity index (χ3v) is 13.6. The molecule has 14 heteroatoms. The van der Waals surface area contributed by atoms with Crippen LogP contribution in [0.3, 0.4) is 0 Å². The molecule has 0 spiro atoms. The summed E-state index contributed by atoms with van der Waals surface area (Å²) in [6.45, 7) is 6.10. The zero-order chi connectivity index (χ0) is 63.9. The van der Waals surface area contributed by atoms with E-state index in [9.17, 15) is 0 Å². The number of aromatic nitrogens is 11. The molecule has 0 saturated heterocycles. The first-order chi connectivity index (χ1) is 45.9. The second-order valence-electron chi connectivity index (χ2n) is 20.5. The zero-order valence-corrected chi connectivity index (χ0v) is 59.6. The summed E-state index contributed by atoms with van der Waals surface area (Å²) >= 11 is 0. The summed E-state index contributed by atoms with van der Waals surface area (Å²) in [6, 6.07) is 97.5. The predicted molar refractivity (Wildman–Crippen MR) is 371 cm³/mol. The maximum absolute atomic E-state index is 4.38. The van der Waals surface area contributed by atoms with E-state index < -0.39 is 0 Å². The van der Waals surface area contributed by atoms with Gasteiger partial charge in [0.25, 0.3) is 0 Å². The van der Waals surface area contributed by atoms with Gasteiger partial charge < -0.3 is 29.9 Å². The first-order valence-corrected chi connectivity index (χ1v) is 29.8. The molecule has 0 atom stereocenters. The SMILES string of the molecule is Cc1ccc(-c2[c-]cccc2)nc1.Cc1ccc(-c2[c-]cccc2)nc1.Cc1ccc(-c2[c-]cccc2)nc1.[Ir].[Ir].[Ir].[c-]1ccccc1-c1cc(-c2cccnc2)ccn1.[c-]1ccccc1-c1cc(-c2ncccn2)ccn1.[c-]1ccccc1-c1cc(-c2ncccn2)ccn1. The molecule has 0 bridgehead atoms. The molecule has 11 nitrogen and oxygen atoms in total. The van der Waals surface area contributed by atoms with Crippen molar-refractivity contribution in [2.24, 2.45) is 0 Å². The van der Waals surface area contributed by atoms with E-state index in [1.54, 1.807) is 55.5 Å². The van der Waals surface area contributed by atoms with Crippen molar-refractivity contribution in [3.05, 3.63) is 370 Å². The van der Waals surface area contributed by atoms with E-state index in [1.165, 1.54) is 16.7 Å². The minimum absolute atomic E-state index is 0. The molecule has 15 aromatic rings. The number of hydrogen-bond donors (Lipinski definition) is 0. The van der Waals surface area contributed by atoms with Crippen LogP contribution in [-0.2, 0) is 60.3 Å². The van der Waals surface area contributed by atoms with Crippen LogP contribution in [0.15, 0.2) is 317 Å². The fourth-order valence-corrected chi connectivity index (χ4v) is 8.82. The molecule has 9 heterocycles. The van der Waals surface area contributed by atoms with Gasteiger partial charge in [-0.05, 0) is 119 Å². The van der Waals surface area contributed by atoms with Gasteiger partial charge in [-0.3, -0.25) is 4.98 Å². The van der Waals surface area contributed by atoms with Crippen molar-refractivity contribution in [1.29, 1.82) is 0 Å². The summed E-state index contributed by atoms with van der Waals surface area (Å²) in [5.74, 6) is 1.41. The molecule has 0 saturated carbocycles. The Hall–Kier alpha value is -10.5. The van der Waals surface area contributed by atoms with Crippen molar-refractivity contribution in [2.75, 3.05) is 0 Å². The van der Waals surface area contributed by atoms with E-state index >= 15 is 0 Å². The smallest absolute Gasteiger partial charge is 0.158 e. The third kappa shape index (κ3) is 22.9. The second kappa shape index (κ2) is 39.9. The van der Waals surface area contributed by atoms with Crippen molar-refractivity contribution >= 4 is 0 Å². The number of nitrogens with zero attached hydrogens (tertiary/aromatic N) is 11. The quantitative estimate of drug-likeness (QED) is 0.127. The van der Waals surface area contributed by atoms with Crippen LogP contribution >= 0.6 is 0 Å². The largest absolute Gasteiger partial charge is 0.305 e. The summed E-state index contributed by atoms with van der Waals surface area (Å²) in [6.07, 6.45) is 21.5. The van der Waals surface area contributed by atoms with E-state index in [-0.39, 0.29) is 60.3 Å². The number of hydrogen-bond acceptors (Lipinski definition) is 11. The van der Waals surface area contributed by atoms with E-state index in [0.29, 0.717) is 11.6 Å². The Morgan fingerprint density at radius 2 is 0.521 bits per heavy atom. The van der Waals surface area contributed by atoms with Gasteiger partial charge in [0.15, 0.2) is 11.6 Å². The molecule has 9 aromatic heterocycles. The molecule has 477 valence electrons. The van der Waals surface area contributed by atoms with Crippen LogP contribution < -0.4 is 0 Å². The summed E-state index contributed by atoms with van der Waals surface area (Å²) < 4.78 is 0. The van der Waals surface area contributed by atoms with Crippen LogP contribution in [0.4, 0.5) is 0 Å². The minimum atomic E-state index is 0. The Balaban J connectivity index is 0.000000163. The van der Waals surface area contributed by atoms with E-state index in [0.717, 1.165) is 89.8 Å². The summed E-state index contributed by atoms with van der Waals surface area (Å²) in [4.78, 5) is 47.1. The molecular formula is C82H61Ir3N11-6. The summed E-state index contributed by atoms with van der Waals surface area (Å²) in [5, 5.41) is 0. The van der Waals surface area contributed by atoms with Crippen molar-refractivity contribution < 1.29 is 60.3 Å². The van der Waals surface area contributed by atoms with Crippen molar-refractivity contribution in [3.63, 3.8) is 0 Å². The van der Waals surface area contributed by atoms with E-state index in [1.807, 2.05) is 258 Å². The van der Waals surface area contributed by atoms with Gasteiger partial charge >= 0.3 is 0 Å². The average molecular weight is 1780 g/mol. The fraction of sp³-hybridized carbons (Fsp3) is 0.0366. The van der Waals surface area contributed by atoms with Crippen LogP contribution in [0.5, 0.6) is 0 Å². The van der Waals surface area contributed by atoms with Crippen molar-refractivity contribution in [3.8, 4) is 101 Å². The Labute approximate surface area is 602 Å². The van der Waals surface area contributed by atoms with E-state index in [4.69, 9.17) is 0 Å². The Morgan fingerprint density at radius 3 is 0.792 bits per heavy atom. The van der Waals surface area contributed by atoms with Gasteiger partial charge in [0.1, 0.15) is 0 Å². The van der Waals surface area contributed by atoms with Gasteiger partial charge in [-0.25, -0.2) is 19.9 Å². The average Bonchev–Trinajstić information content (AvgIpc) is 1.94. The van der Waals surface area contributed by atoms with Gasteiger partial charge in [0.05, 0.1) is 0 Å². The molecule has 6 aromatic carbocycles. The molecule has 0 N–H and O–H groups in total. The molecule has 0 aliphatic rings. The molecule has 0 aliphatic carbocycles. The van der Waals surface area contributed by atoms with Crippen LogP contribution in [0, 0.1) is 57.2 Å². The molecule has 0 aliphatic heterocycles. The second-order valence-corrected chi connectivity index (χ2v) is 20.5. The number of rotatable bonds is 9. The Kier molecular flexibility index (Phi) is 30.3. The maximum Gasteiger partial charge on any atom is 0.158 e. The normalized spacial score (nSPS) is 9.78. The molecule has 0 unspecified atom stereocenters. The van der Waals surface area contributed by atoms with Gasteiger partial charge in [0.2, 0.25) is 0 Å². The molecule has 15 rings (SSSR count). The molecule has 3 radical (unpaired) electrons. The van der Waals surface area contributed by atoms with Crippen LogP contribution in [-0.4, -0.2) is 54.8 Å². The molecule has 96 heavy (non-hydrogen) atoms. The van der Waals surface area contributed by atoms with Crippen molar-refractivity contribution in [2.45, 2.75) is 20.8 Å². The maximum atomic E-state index is 4.38. The minimum Gasteiger partial charge on any atom is -0.305 e. The Bertz CT molecular complexity index is 3950. The standard InChI is InChI=1S/C16H11N2.2C15H10N3.3C12H10N.3Ir/c1-2-5-13(6-3-1)16-11-14(8-10-18-16)15-7-4-9-17-12-15;2*1-2-5-12(6-3-1)14-11-13(7-10-16-14)15-17-8-4-9-18-15;3*1-10-7-8-12(13-9-10)11-5-3-2-4-6-11;;;/h1-5,7-12H;2*1-5,7-11H;3*2-5,7-9H,1H3;;;/q6*-1;;;. The summed E-state index contributed by atoms with van der Waals surface area (Å²) in [7, 11) is 0. The Morgan fingerprint density at radius 1 is 0.219 bits per heavy atom. The predicted octanol–water partition coefficient (Wildman–Crippen LogP) is 18.2. The molecule has 0 fully saturated rings. The first kappa shape index (κ1) is 72.9. The van der Waals surface area contributed by atoms with Crippen LogP contribution in [0.1, 0.15) is 16.7 Å². The van der Waals surface area contributed by atoms with Gasteiger partial charge in [0, 0.05) is 146 Å². The topological polar surface area (TPSA) is 142 Å². The molecular weight excluding hydrogens is 1720 g/mol. The fourth-order valence-electron chi connectivity index (χ4n) is 8.82. The summed E-state index contributed by atoms with van der Waals surface area (Å²) in [5.41, 5.74) is 19.3. The van der Waals surface area contributed by atoms with Gasteiger partial charge in [-0.1, -0.05) is 60.7 Å². The van der Waals surface area contributed by atoms with Crippen molar-refractivity contribution in [1.82, 2.24) is 54.8 Å². The van der Waals surface area contributed by atoms with Crippen LogP contribution in [0.25, 0.3) is 101 Å². The van der Waals surface area contributed by atoms with Gasteiger partial charge in [-0.2, -0.15) is 0 Å². The molecule has 0 amide bonds. The monoisotopic (exact) mass is 1780 g/mol. The number of benzene rings is 6. The number of aryl methyl sites for hydroxylation is 3. The van der Waals surface area contributed by atoms with Gasteiger partial charge in [-0.15, -0.1) is 215 Å². The number of pyridine rings is 7. The first-order valence-electron chi connectivity index (χ1n) is 29.8. The zero-order valence-electron chi connectivity index (χ0n) is 52.4. The third-order valence-electron chi connectivity index (χ3n) is 13.6. The van der Waals surface area contributed by atoms with Crippen LogP contribution in [0.2, 0.25) is 0 Å². The van der Waals surface area contributed by atoms with E-state index in [2.05, 4.69) is 115 Å².